The van der Waals surface area contributed by atoms with Gasteiger partial charge in [-0.05, 0) is 23.8 Å². The summed E-state index contributed by atoms with van der Waals surface area (Å²) in [4.78, 5) is 41.5. The van der Waals surface area contributed by atoms with Crippen molar-refractivity contribution in [3.8, 4) is 0 Å². The molecule has 1 aliphatic heterocycles. The van der Waals surface area contributed by atoms with Gasteiger partial charge in [-0.3, -0.25) is 19.5 Å². The van der Waals surface area contributed by atoms with Crippen LogP contribution >= 0.6 is 11.6 Å². The van der Waals surface area contributed by atoms with Gasteiger partial charge >= 0.3 is 6.03 Å². The number of halogens is 1. The molecule has 0 aliphatic carbocycles. The number of hydrogen-bond donors (Lipinski definition) is 2. The first-order valence-electron chi connectivity index (χ1n) is 7.60. The number of benzene rings is 1. The van der Waals surface area contributed by atoms with Crippen molar-refractivity contribution in [1.82, 2.24) is 15.2 Å². The summed E-state index contributed by atoms with van der Waals surface area (Å²) in [7, 11) is 0. The maximum atomic E-state index is 12.4. The Hall–Kier alpha value is -2.93. The number of rotatable bonds is 5. The summed E-state index contributed by atoms with van der Waals surface area (Å²) in [6, 6.07) is 8.91. The largest absolute Gasteiger partial charge is 0.325 e. The smallest absolute Gasteiger partial charge is 0.325 e. The number of pyridine rings is 1. The number of anilines is 1. The molecular formula is C17H15ClN4O3. The molecule has 1 aliphatic rings. The molecule has 1 aromatic heterocycles. The molecule has 3 rings (SSSR count). The fourth-order valence-electron chi connectivity index (χ4n) is 2.50. The summed E-state index contributed by atoms with van der Waals surface area (Å²) < 4.78 is 0. The number of imide groups is 1. The van der Waals surface area contributed by atoms with Crippen molar-refractivity contribution in [3.05, 3.63) is 59.4 Å². The zero-order valence-electron chi connectivity index (χ0n) is 13.1. The van der Waals surface area contributed by atoms with Crippen LogP contribution in [0.25, 0.3) is 0 Å². The standard InChI is InChI=1S/C17H15ClN4O3/c18-13-6-2-1-4-11(13)10-22-16(24)14(21-17(22)25)8-15(23)20-12-5-3-7-19-9-12/h1-7,9,14H,8,10H2,(H,20,23)(H,21,25)/t14-/m1/s1. The monoisotopic (exact) mass is 358 g/mol. The van der Waals surface area contributed by atoms with E-state index >= 15 is 0 Å². The van der Waals surface area contributed by atoms with E-state index in [2.05, 4.69) is 15.6 Å². The SMILES string of the molecule is O=C(C[C@H]1NC(=O)N(Cc2ccccc2Cl)C1=O)Nc1cccnc1. The lowest BCUT2D eigenvalue weighted by molar-refractivity contribution is -0.130. The van der Waals surface area contributed by atoms with Gasteiger partial charge in [0, 0.05) is 11.2 Å². The second-order valence-corrected chi connectivity index (χ2v) is 5.92. The summed E-state index contributed by atoms with van der Waals surface area (Å²) in [5.74, 6) is -0.836. The Morgan fingerprint density at radius 1 is 1.24 bits per heavy atom. The Balaban J connectivity index is 1.63. The number of hydrogen-bond acceptors (Lipinski definition) is 4. The highest BCUT2D eigenvalue weighted by Gasteiger charge is 2.39. The van der Waals surface area contributed by atoms with E-state index in [0.29, 0.717) is 16.3 Å². The van der Waals surface area contributed by atoms with Crippen molar-refractivity contribution < 1.29 is 14.4 Å². The quantitative estimate of drug-likeness (QED) is 0.801. The van der Waals surface area contributed by atoms with Gasteiger partial charge in [0.15, 0.2) is 0 Å². The highest BCUT2D eigenvalue weighted by atomic mass is 35.5. The van der Waals surface area contributed by atoms with Crippen LogP contribution in [0.1, 0.15) is 12.0 Å². The van der Waals surface area contributed by atoms with Crippen molar-refractivity contribution in [2.45, 2.75) is 19.0 Å². The molecule has 1 fully saturated rings. The second kappa shape index (κ2) is 7.31. The third-order valence-corrected chi connectivity index (χ3v) is 4.10. The maximum Gasteiger partial charge on any atom is 0.325 e. The van der Waals surface area contributed by atoms with Crippen LogP contribution < -0.4 is 10.6 Å². The Bertz CT molecular complexity index is 813. The van der Waals surface area contributed by atoms with Gasteiger partial charge in [0.2, 0.25) is 5.91 Å². The zero-order valence-corrected chi connectivity index (χ0v) is 13.9. The molecule has 1 atom stereocenters. The van der Waals surface area contributed by atoms with Crippen LogP contribution in [0.5, 0.6) is 0 Å². The Kier molecular flexibility index (Phi) is 4.95. The zero-order chi connectivity index (χ0) is 17.8. The lowest BCUT2D eigenvalue weighted by Crippen LogP contribution is -2.34. The maximum absolute atomic E-state index is 12.4. The molecule has 128 valence electrons. The third kappa shape index (κ3) is 3.95. The first-order valence-corrected chi connectivity index (χ1v) is 7.97. The van der Waals surface area contributed by atoms with Gasteiger partial charge in [-0.2, -0.15) is 0 Å². The van der Waals surface area contributed by atoms with Gasteiger partial charge in [-0.1, -0.05) is 29.8 Å². The van der Waals surface area contributed by atoms with Crippen LogP contribution in [-0.4, -0.2) is 33.8 Å². The Morgan fingerprint density at radius 2 is 2.04 bits per heavy atom. The fourth-order valence-corrected chi connectivity index (χ4v) is 2.69. The number of aromatic nitrogens is 1. The molecule has 25 heavy (non-hydrogen) atoms. The van der Waals surface area contributed by atoms with Gasteiger partial charge in [-0.15, -0.1) is 0 Å². The molecule has 0 spiro atoms. The highest BCUT2D eigenvalue weighted by Crippen LogP contribution is 2.20. The van der Waals surface area contributed by atoms with Gasteiger partial charge in [0.25, 0.3) is 5.91 Å². The van der Waals surface area contributed by atoms with E-state index < -0.39 is 18.0 Å². The molecule has 0 bridgehead atoms. The van der Waals surface area contributed by atoms with E-state index in [1.54, 1.807) is 42.6 Å². The third-order valence-electron chi connectivity index (χ3n) is 3.73. The lowest BCUT2D eigenvalue weighted by atomic mass is 10.1. The number of carbonyl (C=O) groups is 3. The molecule has 0 saturated carbocycles. The molecule has 0 radical (unpaired) electrons. The number of amides is 4. The van der Waals surface area contributed by atoms with Gasteiger partial charge < -0.3 is 10.6 Å². The molecule has 2 aromatic rings. The van der Waals surface area contributed by atoms with Crippen molar-refractivity contribution in [1.29, 1.82) is 0 Å². The Morgan fingerprint density at radius 3 is 2.76 bits per heavy atom. The van der Waals surface area contributed by atoms with E-state index in [1.165, 1.54) is 6.20 Å². The average Bonchev–Trinajstić information content (AvgIpc) is 2.85. The predicted octanol–water partition coefficient (Wildman–Crippen LogP) is 2.18. The minimum Gasteiger partial charge on any atom is -0.325 e. The first kappa shape index (κ1) is 16.9. The summed E-state index contributed by atoms with van der Waals surface area (Å²) >= 11 is 6.07. The van der Waals surface area contributed by atoms with Gasteiger partial charge in [0.1, 0.15) is 6.04 Å². The predicted molar refractivity (Wildman–Crippen MR) is 91.8 cm³/mol. The topological polar surface area (TPSA) is 91.4 Å². The second-order valence-electron chi connectivity index (χ2n) is 5.51. The summed E-state index contributed by atoms with van der Waals surface area (Å²) in [5.41, 5.74) is 1.19. The van der Waals surface area contributed by atoms with E-state index in [0.717, 1.165) is 4.90 Å². The van der Waals surface area contributed by atoms with Crippen LogP contribution in [0, 0.1) is 0 Å². The summed E-state index contributed by atoms with van der Waals surface area (Å²) in [5, 5.41) is 5.63. The number of urea groups is 1. The molecule has 7 nitrogen and oxygen atoms in total. The molecule has 1 saturated heterocycles. The first-order chi connectivity index (χ1) is 12.0. The molecule has 8 heteroatoms. The molecule has 1 aromatic carbocycles. The number of carbonyl (C=O) groups excluding carboxylic acids is 3. The van der Waals surface area contributed by atoms with Crippen LogP contribution in [-0.2, 0) is 16.1 Å². The number of nitrogens with one attached hydrogen (secondary N) is 2. The lowest BCUT2D eigenvalue weighted by Gasteiger charge is -2.14. The van der Waals surface area contributed by atoms with Gasteiger partial charge in [0.05, 0.1) is 24.8 Å². The minimum absolute atomic E-state index is 0.0606. The normalized spacial score (nSPS) is 16.7. The van der Waals surface area contributed by atoms with Crippen LogP contribution in [0.15, 0.2) is 48.8 Å². The summed E-state index contributed by atoms with van der Waals surface area (Å²) in [6.07, 6.45) is 2.93. The Labute approximate surface area is 149 Å². The molecule has 0 unspecified atom stereocenters. The van der Waals surface area contributed by atoms with E-state index in [-0.39, 0.29) is 18.9 Å². The molecule has 4 amide bonds. The van der Waals surface area contributed by atoms with E-state index in [9.17, 15) is 14.4 Å². The average molecular weight is 359 g/mol. The van der Waals surface area contributed by atoms with Crippen LogP contribution in [0.2, 0.25) is 5.02 Å². The fraction of sp³-hybridized carbons (Fsp3) is 0.176. The van der Waals surface area contributed by atoms with Crippen molar-refractivity contribution in [2.75, 3.05) is 5.32 Å². The van der Waals surface area contributed by atoms with E-state index in [4.69, 9.17) is 11.6 Å². The highest BCUT2D eigenvalue weighted by molar-refractivity contribution is 6.31. The minimum atomic E-state index is -0.897. The van der Waals surface area contributed by atoms with Crippen LogP contribution in [0.3, 0.4) is 0 Å². The summed E-state index contributed by atoms with van der Waals surface area (Å²) in [6.45, 7) is 0.0606. The molecule has 2 N–H and O–H groups in total. The van der Waals surface area contributed by atoms with E-state index in [1.807, 2.05) is 0 Å². The van der Waals surface area contributed by atoms with Crippen molar-refractivity contribution >= 4 is 35.1 Å². The number of nitrogens with zero attached hydrogens (tertiary/aromatic N) is 2. The van der Waals surface area contributed by atoms with Crippen molar-refractivity contribution in [2.24, 2.45) is 0 Å². The van der Waals surface area contributed by atoms with Crippen LogP contribution in [0.4, 0.5) is 10.5 Å². The van der Waals surface area contributed by atoms with Gasteiger partial charge in [-0.25, -0.2) is 4.79 Å². The molecular weight excluding hydrogens is 344 g/mol. The molecule has 2 heterocycles. The van der Waals surface area contributed by atoms with Crippen molar-refractivity contribution in [3.63, 3.8) is 0 Å².